The van der Waals surface area contributed by atoms with Crippen LogP contribution in [-0.2, 0) is 11.3 Å². The van der Waals surface area contributed by atoms with Crippen molar-refractivity contribution in [3.8, 4) is 11.4 Å². The van der Waals surface area contributed by atoms with Crippen LogP contribution in [0.25, 0.3) is 11.4 Å². The molecule has 0 radical (unpaired) electrons. The lowest BCUT2D eigenvalue weighted by molar-refractivity contribution is -0.130. The molecular formula is C20H22N4OS. The minimum atomic E-state index is -0.252. The molecule has 134 valence electrons. The van der Waals surface area contributed by atoms with Gasteiger partial charge in [-0.1, -0.05) is 72.4 Å². The minimum Gasteiger partial charge on any atom is -0.338 e. The fraction of sp³-hybridized carbons (Fsp3) is 0.250. The fourth-order valence-corrected chi connectivity index (χ4v) is 3.45. The molecule has 0 bridgehead atoms. The molecule has 1 N–H and O–H groups in total. The van der Waals surface area contributed by atoms with Gasteiger partial charge < -0.3 is 4.90 Å². The van der Waals surface area contributed by atoms with Crippen molar-refractivity contribution in [3.63, 3.8) is 0 Å². The molecule has 0 spiro atoms. The highest BCUT2D eigenvalue weighted by Crippen LogP contribution is 2.24. The third-order valence-electron chi connectivity index (χ3n) is 4.05. The molecule has 5 nitrogen and oxygen atoms in total. The molecule has 1 amide bonds. The summed E-state index contributed by atoms with van der Waals surface area (Å²) in [5, 5.41) is 7.51. The van der Waals surface area contributed by atoms with Gasteiger partial charge in [0.2, 0.25) is 11.1 Å². The Labute approximate surface area is 157 Å². The third kappa shape index (κ3) is 4.52. The van der Waals surface area contributed by atoms with Crippen LogP contribution in [-0.4, -0.2) is 37.8 Å². The topological polar surface area (TPSA) is 61.9 Å². The van der Waals surface area contributed by atoms with E-state index in [0.29, 0.717) is 24.1 Å². The van der Waals surface area contributed by atoms with E-state index < -0.39 is 0 Å². The molecule has 1 heterocycles. The van der Waals surface area contributed by atoms with Crippen LogP contribution in [0.1, 0.15) is 19.4 Å². The summed E-state index contributed by atoms with van der Waals surface area (Å²) in [6.07, 6.45) is 0. The van der Waals surface area contributed by atoms with Gasteiger partial charge in [0, 0.05) is 18.7 Å². The number of carbonyl (C=O) groups excluding carboxylic acids is 1. The van der Waals surface area contributed by atoms with Crippen LogP contribution in [0.2, 0.25) is 0 Å². The molecule has 6 heteroatoms. The number of carbonyl (C=O) groups is 1. The molecule has 1 aromatic heterocycles. The fourth-order valence-electron chi connectivity index (χ4n) is 2.64. The van der Waals surface area contributed by atoms with Crippen molar-refractivity contribution in [2.75, 3.05) is 6.54 Å². The van der Waals surface area contributed by atoms with E-state index in [4.69, 9.17) is 0 Å². The van der Waals surface area contributed by atoms with Gasteiger partial charge in [-0.2, -0.15) is 0 Å². The number of rotatable bonds is 7. The van der Waals surface area contributed by atoms with Crippen LogP contribution in [0.5, 0.6) is 0 Å². The Bertz CT molecular complexity index is 835. The van der Waals surface area contributed by atoms with Crippen LogP contribution < -0.4 is 0 Å². The first-order valence-corrected chi connectivity index (χ1v) is 9.52. The van der Waals surface area contributed by atoms with Gasteiger partial charge in [0.25, 0.3) is 0 Å². The summed E-state index contributed by atoms with van der Waals surface area (Å²) in [7, 11) is 0. The van der Waals surface area contributed by atoms with Crippen LogP contribution in [0.3, 0.4) is 0 Å². The van der Waals surface area contributed by atoms with Gasteiger partial charge in [-0.25, -0.2) is 4.98 Å². The number of aromatic nitrogens is 3. The molecule has 1 atom stereocenters. The predicted molar refractivity (Wildman–Crippen MR) is 105 cm³/mol. The zero-order valence-corrected chi connectivity index (χ0v) is 15.7. The van der Waals surface area contributed by atoms with Gasteiger partial charge in [0.05, 0.1) is 5.25 Å². The maximum absolute atomic E-state index is 12.8. The summed E-state index contributed by atoms with van der Waals surface area (Å²) in [5.74, 6) is 0.803. The number of nitrogens with one attached hydrogen (secondary N) is 1. The molecule has 2 aromatic carbocycles. The molecule has 3 aromatic rings. The standard InChI is InChI=1S/C20H22N4OS/c1-3-24(14-16-10-6-4-7-11-16)19(25)15(2)26-20-21-18(22-23-20)17-12-8-5-9-13-17/h4-13,15H,3,14H2,1-2H3,(H,21,22,23). The molecule has 0 aliphatic carbocycles. The Hall–Kier alpha value is -2.60. The van der Waals surface area contributed by atoms with Gasteiger partial charge in [-0.15, -0.1) is 5.10 Å². The van der Waals surface area contributed by atoms with Gasteiger partial charge >= 0.3 is 0 Å². The zero-order valence-electron chi connectivity index (χ0n) is 14.9. The Morgan fingerprint density at radius 3 is 2.42 bits per heavy atom. The Kier molecular flexibility index (Phi) is 6.07. The van der Waals surface area contributed by atoms with Crippen molar-refractivity contribution >= 4 is 17.7 Å². The van der Waals surface area contributed by atoms with Gasteiger partial charge in [-0.05, 0) is 19.4 Å². The maximum Gasteiger partial charge on any atom is 0.236 e. The SMILES string of the molecule is CCN(Cc1ccccc1)C(=O)C(C)Sc1n[nH]c(-c2ccccc2)n1. The van der Waals surface area contributed by atoms with Crippen molar-refractivity contribution in [2.45, 2.75) is 30.8 Å². The number of benzene rings is 2. The van der Waals surface area contributed by atoms with Crippen LogP contribution in [0.4, 0.5) is 0 Å². The number of hydrogen-bond donors (Lipinski definition) is 1. The lowest BCUT2D eigenvalue weighted by Crippen LogP contribution is -2.36. The average molecular weight is 366 g/mol. The summed E-state index contributed by atoms with van der Waals surface area (Å²) in [5.41, 5.74) is 2.11. The van der Waals surface area contributed by atoms with E-state index in [0.717, 1.165) is 11.1 Å². The van der Waals surface area contributed by atoms with E-state index in [1.165, 1.54) is 11.8 Å². The van der Waals surface area contributed by atoms with E-state index in [1.807, 2.05) is 79.4 Å². The Morgan fingerprint density at radius 2 is 1.77 bits per heavy atom. The zero-order chi connectivity index (χ0) is 18.4. The number of amides is 1. The number of hydrogen-bond acceptors (Lipinski definition) is 4. The molecule has 0 saturated carbocycles. The summed E-state index contributed by atoms with van der Waals surface area (Å²) < 4.78 is 0. The minimum absolute atomic E-state index is 0.0902. The Balaban J connectivity index is 1.64. The third-order valence-corrected chi connectivity index (χ3v) is 5.00. The van der Waals surface area contributed by atoms with Crippen molar-refractivity contribution in [2.24, 2.45) is 0 Å². The summed E-state index contributed by atoms with van der Waals surface area (Å²) in [4.78, 5) is 19.2. The quantitative estimate of drug-likeness (QED) is 0.642. The molecular weight excluding hydrogens is 344 g/mol. The second-order valence-electron chi connectivity index (χ2n) is 5.93. The maximum atomic E-state index is 12.8. The molecule has 0 aliphatic heterocycles. The highest BCUT2D eigenvalue weighted by Gasteiger charge is 2.22. The number of nitrogens with zero attached hydrogens (tertiary/aromatic N) is 3. The highest BCUT2D eigenvalue weighted by atomic mass is 32.2. The summed E-state index contributed by atoms with van der Waals surface area (Å²) in [6, 6.07) is 19.9. The van der Waals surface area contributed by atoms with E-state index in [9.17, 15) is 4.79 Å². The van der Waals surface area contributed by atoms with Crippen LogP contribution in [0.15, 0.2) is 65.8 Å². The first kappa shape index (κ1) is 18.2. The summed E-state index contributed by atoms with van der Waals surface area (Å²) >= 11 is 1.38. The first-order chi connectivity index (χ1) is 12.7. The lowest BCUT2D eigenvalue weighted by Gasteiger charge is -2.23. The van der Waals surface area contributed by atoms with E-state index in [1.54, 1.807) is 0 Å². The number of aromatic amines is 1. The van der Waals surface area contributed by atoms with E-state index in [2.05, 4.69) is 15.2 Å². The molecule has 26 heavy (non-hydrogen) atoms. The average Bonchev–Trinajstić information content (AvgIpc) is 3.15. The second kappa shape index (κ2) is 8.67. The molecule has 3 rings (SSSR count). The van der Waals surface area contributed by atoms with Crippen molar-refractivity contribution in [3.05, 3.63) is 66.2 Å². The van der Waals surface area contributed by atoms with E-state index >= 15 is 0 Å². The lowest BCUT2D eigenvalue weighted by atomic mass is 10.2. The van der Waals surface area contributed by atoms with Crippen molar-refractivity contribution < 1.29 is 4.79 Å². The van der Waals surface area contributed by atoms with Crippen molar-refractivity contribution in [1.29, 1.82) is 0 Å². The molecule has 0 saturated heterocycles. The molecule has 0 aliphatic rings. The predicted octanol–water partition coefficient (Wildman–Crippen LogP) is 4.00. The van der Waals surface area contributed by atoms with Gasteiger partial charge in [0.15, 0.2) is 5.82 Å². The van der Waals surface area contributed by atoms with Gasteiger partial charge in [-0.3, -0.25) is 9.89 Å². The number of thioether (sulfide) groups is 1. The normalized spacial score (nSPS) is 11.9. The van der Waals surface area contributed by atoms with E-state index in [-0.39, 0.29) is 11.2 Å². The van der Waals surface area contributed by atoms with Crippen LogP contribution in [0, 0.1) is 0 Å². The Morgan fingerprint density at radius 1 is 1.12 bits per heavy atom. The van der Waals surface area contributed by atoms with Crippen LogP contribution >= 0.6 is 11.8 Å². The first-order valence-electron chi connectivity index (χ1n) is 8.64. The second-order valence-corrected chi connectivity index (χ2v) is 7.24. The number of H-pyrrole nitrogens is 1. The molecule has 0 fully saturated rings. The monoisotopic (exact) mass is 366 g/mol. The van der Waals surface area contributed by atoms with Gasteiger partial charge in [0.1, 0.15) is 0 Å². The smallest absolute Gasteiger partial charge is 0.236 e. The summed E-state index contributed by atoms with van der Waals surface area (Å²) in [6.45, 7) is 5.18. The van der Waals surface area contributed by atoms with Crippen molar-refractivity contribution in [1.82, 2.24) is 20.1 Å². The molecule has 1 unspecified atom stereocenters. The highest BCUT2D eigenvalue weighted by molar-refractivity contribution is 8.00. The largest absolute Gasteiger partial charge is 0.338 e.